The largest absolute Gasteiger partial charge is 0.393 e. The summed E-state index contributed by atoms with van der Waals surface area (Å²) in [6.45, 7) is 18.7. The molecule has 1 aliphatic rings. The fourth-order valence-electron chi connectivity index (χ4n) is 1.78. The molecule has 0 aromatic rings. The average molecular weight is 323 g/mol. The highest BCUT2D eigenvalue weighted by Gasteiger charge is 2.02. The van der Waals surface area contributed by atoms with Crippen LogP contribution in [0.2, 0.25) is 0 Å². The predicted octanol–water partition coefficient (Wildman–Crippen LogP) is 6.63. The van der Waals surface area contributed by atoms with Gasteiger partial charge in [0.2, 0.25) is 0 Å². The van der Waals surface area contributed by atoms with Crippen LogP contribution >= 0.6 is 0 Å². The quantitative estimate of drug-likeness (QED) is 0.578. The van der Waals surface area contributed by atoms with Gasteiger partial charge < -0.3 is 5.11 Å². The van der Waals surface area contributed by atoms with Gasteiger partial charge in [0.1, 0.15) is 0 Å². The van der Waals surface area contributed by atoms with E-state index in [1.54, 1.807) is 12.5 Å². The van der Waals surface area contributed by atoms with Gasteiger partial charge in [0, 0.05) is 0 Å². The molecule has 0 amide bonds. The minimum absolute atomic E-state index is 0.125. The van der Waals surface area contributed by atoms with E-state index < -0.39 is 0 Å². The van der Waals surface area contributed by atoms with E-state index >= 15 is 0 Å². The number of aliphatic hydroxyl groups is 1. The fourth-order valence-corrected chi connectivity index (χ4v) is 1.78. The molecule has 1 aliphatic carbocycles. The summed E-state index contributed by atoms with van der Waals surface area (Å²) in [5.41, 5.74) is 1.59. The molecule has 1 nitrogen and oxygen atoms in total. The predicted molar refractivity (Wildman–Crippen MR) is 107 cm³/mol. The minimum Gasteiger partial charge on any atom is -0.393 e. The van der Waals surface area contributed by atoms with Gasteiger partial charge in [-0.25, -0.2) is 0 Å². The van der Waals surface area contributed by atoms with Gasteiger partial charge in [-0.3, -0.25) is 0 Å². The Hall–Kier alpha value is -1.00. The summed E-state index contributed by atoms with van der Waals surface area (Å²) < 4.78 is 0. The highest BCUT2D eigenvalue weighted by molar-refractivity contribution is 5.18. The summed E-state index contributed by atoms with van der Waals surface area (Å²) in [5, 5.41) is 8.72. The topological polar surface area (TPSA) is 20.2 Å². The van der Waals surface area contributed by atoms with Crippen molar-refractivity contribution < 1.29 is 5.11 Å². The van der Waals surface area contributed by atoms with E-state index in [-0.39, 0.29) is 6.10 Å². The summed E-state index contributed by atoms with van der Waals surface area (Å²) >= 11 is 0. The van der Waals surface area contributed by atoms with E-state index in [0.717, 1.165) is 18.3 Å². The first-order chi connectivity index (χ1) is 10.6. The maximum atomic E-state index is 8.72. The zero-order valence-corrected chi connectivity index (χ0v) is 17.2. The molecule has 1 unspecified atom stereocenters. The number of allylic oxidation sites excluding steroid dienone is 4. The van der Waals surface area contributed by atoms with Crippen molar-refractivity contribution in [1.29, 1.82) is 0 Å². The second-order valence-corrected chi connectivity index (χ2v) is 7.36. The molecule has 0 aliphatic heterocycles. The fraction of sp³-hybridized carbons (Fsp3) is 0.727. The van der Waals surface area contributed by atoms with Crippen molar-refractivity contribution in [1.82, 2.24) is 0 Å². The molecule has 0 saturated heterocycles. The summed E-state index contributed by atoms with van der Waals surface area (Å²) in [4.78, 5) is 0. The maximum Gasteiger partial charge on any atom is 0.0514 e. The van der Waals surface area contributed by atoms with Gasteiger partial charge in [-0.05, 0) is 50.9 Å². The summed E-state index contributed by atoms with van der Waals surface area (Å²) in [6.07, 6.45) is 14.5. The third-order valence-electron chi connectivity index (χ3n) is 2.60. The standard InChI is InChI=1S/C9H14.C6H14O.C4H10.C3H4/c1-8(2)9-6-4-3-5-7-9;1-5(2)4-6(3)7;1-4(2)3;1-3-2/h3-4,6,8H,5,7H2,1-2H3;5-7H,4H2,1-3H3;4H,1-3H3;1H,2H3. The number of hydrogen-bond acceptors (Lipinski definition) is 1. The molecular formula is C22H42O. The Morgan fingerprint density at radius 3 is 1.65 bits per heavy atom. The lowest BCUT2D eigenvalue weighted by atomic mass is 9.95. The zero-order chi connectivity index (χ0) is 18.8. The first kappa shape index (κ1) is 26.9. The molecule has 136 valence electrons. The van der Waals surface area contributed by atoms with E-state index in [1.807, 2.05) is 6.92 Å². The first-order valence-electron chi connectivity index (χ1n) is 8.99. The molecule has 1 atom stereocenters. The monoisotopic (exact) mass is 322 g/mol. The van der Waals surface area contributed by atoms with Crippen molar-refractivity contribution in [3.63, 3.8) is 0 Å². The summed E-state index contributed by atoms with van der Waals surface area (Å²) in [5.74, 6) is 4.45. The lowest BCUT2D eigenvalue weighted by Crippen LogP contribution is -2.03. The van der Waals surface area contributed by atoms with Crippen molar-refractivity contribution in [3.05, 3.63) is 23.8 Å². The Morgan fingerprint density at radius 2 is 1.52 bits per heavy atom. The van der Waals surface area contributed by atoms with Gasteiger partial charge in [-0.1, -0.05) is 72.3 Å². The van der Waals surface area contributed by atoms with Crippen LogP contribution < -0.4 is 0 Å². The molecule has 0 saturated carbocycles. The van der Waals surface area contributed by atoms with Gasteiger partial charge >= 0.3 is 0 Å². The molecule has 23 heavy (non-hydrogen) atoms. The van der Waals surface area contributed by atoms with Crippen LogP contribution in [0, 0.1) is 30.1 Å². The average Bonchev–Trinajstić information content (AvgIpc) is 2.39. The minimum atomic E-state index is -0.125. The van der Waals surface area contributed by atoms with Crippen molar-refractivity contribution in [2.75, 3.05) is 0 Å². The first-order valence-corrected chi connectivity index (χ1v) is 8.99. The molecule has 0 heterocycles. The van der Waals surface area contributed by atoms with Crippen molar-refractivity contribution in [2.45, 2.75) is 87.7 Å². The van der Waals surface area contributed by atoms with Crippen molar-refractivity contribution in [3.8, 4) is 12.3 Å². The van der Waals surface area contributed by atoms with Crippen LogP contribution in [0.1, 0.15) is 81.6 Å². The Labute approximate surface area is 147 Å². The highest BCUT2D eigenvalue weighted by Crippen LogP contribution is 2.19. The van der Waals surface area contributed by atoms with Crippen LogP contribution in [0.4, 0.5) is 0 Å². The second kappa shape index (κ2) is 19.0. The third-order valence-corrected chi connectivity index (χ3v) is 2.60. The lowest BCUT2D eigenvalue weighted by molar-refractivity contribution is 0.168. The molecule has 0 radical (unpaired) electrons. The van der Waals surface area contributed by atoms with Gasteiger partial charge in [-0.2, -0.15) is 0 Å². The molecular weight excluding hydrogens is 280 g/mol. The zero-order valence-electron chi connectivity index (χ0n) is 17.2. The van der Waals surface area contributed by atoms with Crippen LogP contribution in [-0.2, 0) is 0 Å². The van der Waals surface area contributed by atoms with Crippen molar-refractivity contribution >= 4 is 0 Å². The van der Waals surface area contributed by atoms with E-state index in [1.165, 1.54) is 12.8 Å². The van der Waals surface area contributed by atoms with Gasteiger partial charge in [-0.15, -0.1) is 12.3 Å². The van der Waals surface area contributed by atoms with Crippen LogP contribution in [0.15, 0.2) is 23.8 Å². The number of hydrogen-bond donors (Lipinski definition) is 1. The van der Waals surface area contributed by atoms with E-state index in [2.05, 4.69) is 79.0 Å². The van der Waals surface area contributed by atoms with E-state index in [4.69, 9.17) is 5.11 Å². The Bertz CT molecular complexity index is 316. The maximum absolute atomic E-state index is 8.72. The summed E-state index contributed by atoms with van der Waals surface area (Å²) in [6, 6.07) is 0. The van der Waals surface area contributed by atoms with Crippen LogP contribution in [0.3, 0.4) is 0 Å². The molecule has 0 aromatic heterocycles. The molecule has 1 heteroatoms. The Balaban J connectivity index is -0.000000255. The molecule has 1 rings (SSSR count). The van der Waals surface area contributed by atoms with E-state index in [9.17, 15) is 0 Å². The smallest absolute Gasteiger partial charge is 0.0514 e. The normalized spacial score (nSPS) is 13.7. The highest BCUT2D eigenvalue weighted by atomic mass is 16.3. The lowest BCUT2D eigenvalue weighted by Gasteiger charge is -2.11. The number of rotatable bonds is 3. The third kappa shape index (κ3) is 33.7. The van der Waals surface area contributed by atoms with Gasteiger partial charge in [0.25, 0.3) is 0 Å². The molecule has 0 fully saturated rings. The molecule has 0 bridgehead atoms. The SMILES string of the molecule is C#CC.CC(C)C.CC(C)C1=CC=CCC1.CC(C)CC(C)O. The van der Waals surface area contributed by atoms with Gasteiger partial charge in [0.05, 0.1) is 6.10 Å². The number of terminal acetylenes is 1. The summed E-state index contributed by atoms with van der Waals surface area (Å²) in [7, 11) is 0. The molecule has 0 aromatic carbocycles. The Kier molecular flexibility index (Phi) is 22.3. The van der Waals surface area contributed by atoms with Crippen LogP contribution in [-0.4, -0.2) is 11.2 Å². The molecule has 0 spiro atoms. The Morgan fingerprint density at radius 1 is 1.09 bits per heavy atom. The van der Waals surface area contributed by atoms with E-state index in [0.29, 0.717) is 5.92 Å². The van der Waals surface area contributed by atoms with Crippen LogP contribution in [0.25, 0.3) is 0 Å². The van der Waals surface area contributed by atoms with Crippen LogP contribution in [0.5, 0.6) is 0 Å². The number of aliphatic hydroxyl groups excluding tert-OH is 1. The van der Waals surface area contributed by atoms with Crippen molar-refractivity contribution in [2.24, 2.45) is 17.8 Å². The van der Waals surface area contributed by atoms with Gasteiger partial charge in [0.15, 0.2) is 0 Å². The second-order valence-electron chi connectivity index (χ2n) is 7.36. The molecule has 1 N–H and O–H groups in total.